The molecule has 0 bridgehead atoms. The summed E-state index contributed by atoms with van der Waals surface area (Å²) in [7, 11) is 1.59. The molecule has 0 atom stereocenters. The zero-order valence-electron chi connectivity index (χ0n) is 17.9. The average molecular weight is 402 g/mol. The van der Waals surface area contributed by atoms with E-state index in [1.807, 2.05) is 45.9 Å². The molecule has 29 heavy (non-hydrogen) atoms. The number of hydrogen-bond acceptors (Lipinski definition) is 5. The number of nitrogens with zero attached hydrogens (tertiary/aromatic N) is 2. The molecular formula is C22H30N2O5. The van der Waals surface area contributed by atoms with Gasteiger partial charge in [0.25, 0.3) is 0 Å². The van der Waals surface area contributed by atoms with Gasteiger partial charge >= 0.3 is 6.09 Å². The fourth-order valence-corrected chi connectivity index (χ4v) is 3.97. The fourth-order valence-electron chi connectivity index (χ4n) is 3.97. The number of methoxy groups -OCH3 is 1. The van der Waals surface area contributed by atoms with Crippen molar-refractivity contribution in [2.24, 2.45) is 5.41 Å². The highest BCUT2D eigenvalue weighted by Gasteiger charge is 2.53. The number of likely N-dealkylation sites (tertiary alicyclic amines) is 2. The van der Waals surface area contributed by atoms with Crippen LogP contribution >= 0.6 is 0 Å². The summed E-state index contributed by atoms with van der Waals surface area (Å²) in [5.41, 5.74) is 0.639. The molecule has 3 rings (SSSR count). The molecule has 0 unspecified atom stereocenters. The molecule has 158 valence electrons. The predicted molar refractivity (Wildman–Crippen MR) is 107 cm³/mol. The minimum atomic E-state index is -0.706. The number of aryl methyl sites for hydroxylation is 1. The number of carbonyl (C=O) groups is 3. The van der Waals surface area contributed by atoms with Crippen LogP contribution in [0.3, 0.4) is 0 Å². The molecule has 2 saturated heterocycles. The SMILES string of the molecule is COc1ccc(C)c(CN2C(=O)CC3(CCN(C(=O)OC(C)(C)C)CC3)C2=O)c1. The average Bonchev–Trinajstić information content (AvgIpc) is 2.86. The van der Waals surface area contributed by atoms with Gasteiger partial charge in [-0.3, -0.25) is 14.5 Å². The maximum Gasteiger partial charge on any atom is 0.410 e. The molecular weight excluding hydrogens is 372 g/mol. The maximum absolute atomic E-state index is 13.2. The minimum absolute atomic E-state index is 0.131. The van der Waals surface area contributed by atoms with Crippen molar-refractivity contribution >= 4 is 17.9 Å². The number of piperidine rings is 1. The second-order valence-corrected chi connectivity index (χ2v) is 9.00. The predicted octanol–water partition coefficient (Wildman–Crippen LogP) is 3.28. The Morgan fingerprint density at radius 1 is 1.17 bits per heavy atom. The van der Waals surface area contributed by atoms with Crippen LogP contribution in [0.1, 0.15) is 51.2 Å². The lowest BCUT2D eigenvalue weighted by molar-refractivity contribution is -0.143. The lowest BCUT2D eigenvalue weighted by atomic mass is 9.77. The largest absolute Gasteiger partial charge is 0.497 e. The number of carbonyl (C=O) groups excluding carboxylic acids is 3. The molecule has 1 aromatic carbocycles. The van der Waals surface area contributed by atoms with Gasteiger partial charge in [-0.05, 0) is 63.8 Å². The summed E-state index contributed by atoms with van der Waals surface area (Å²) in [4.78, 5) is 41.2. The number of imide groups is 1. The van der Waals surface area contributed by atoms with E-state index in [1.54, 1.807) is 12.0 Å². The molecule has 1 aromatic rings. The Morgan fingerprint density at radius 2 is 1.83 bits per heavy atom. The van der Waals surface area contributed by atoms with Crippen LogP contribution in [0.4, 0.5) is 4.79 Å². The highest BCUT2D eigenvalue weighted by molar-refractivity contribution is 6.06. The second-order valence-electron chi connectivity index (χ2n) is 9.00. The Morgan fingerprint density at radius 3 is 2.41 bits per heavy atom. The molecule has 0 aromatic heterocycles. The maximum atomic E-state index is 13.2. The van der Waals surface area contributed by atoms with E-state index in [1.165, 1.54) is 4.90 Å². The second kappa shape index (κ2) is 7.69. The van der Waals surface area contributed by atoms with Crippen molar-refractivity contribution in [1.29, 1.82) is 0 Å². The Labute approximate surface area is 171 Å². The number of ether oxygens (including phenoxy) is 2. The summed E-state index contributed by atoms with van der Waals surface area (Å²) in [6.45, 7) is 8.52. The van der Waals surface area contributed by atoms with Crippen LogP contribution < -0.4 is 4.74 Å². The van der Waals surface area contributed by atoms with Crippen LogP contribution in [0.25, 0.3) is 0 Å². The highest BCUT2D eigenvalue weighted by Crippen LogP contribution is 2.43. The lowest BCUT2D eigenvalue weighted by Crippen LogP contribution is -2.47. The normalized spacial score (nSPS) is 19.1. The molecule has 2 heterocycles. The highest BCUT2D eigenvalue weighted by atomic mass is 16.6. The molecule has 2 fully saturated rings. The minimum Gasteiger partial charge on any atom is -0.497 e. The topological polar surface area (TPSA) is 76.2 Å². The van der Waals surface area contributed by atoms with Gasteiger partial charge in [0.05, 0.1) is 19.1 Å². The summed E-state index contributed by atoms with van der Waals surface area (Å²) < 4.78 is 10.7. The summed E-state index contributed by atoms with van der Waals surface area (Å²) in [6.07, 6.45) is 0.791. The lowest BCUT2D eigenvalue weighted by Gasteiger charge is -2.37. The van der Waals surface area contributed by atoms with Crippen LogP contribution in [0, 0.1) is 12.3 Å². The van der Waals surface area contributed by atoms with Gasteiger partial charge in [0.2, 0.25) is 11.8 Å². The van der Waals surface area contributed by atoms with Gasteiger partial charge in [-0.1, -0.05) is 6.07 Å². The molecule has 1 spiro atoms. The first-order valence-electron chi connectivity index (χ1n) is 10.0. The molecule has 2 aliphatic heterocycles. The Bertz CT molecular complexity index is 819. The molecule has 0 aliphatic carbocycles. The van der Waals surface area contributed by atoms with Gasteiger partial charge in [-0.15, -0.1) is 0 Å². The summed E-state index contributed by atoms with van der Waals surface area (Å²) >= 11 is 0. The van der Waals surface area contributed by atoms with Gasteiger partial charge in [0.1, 0.15) is 11.4 Å². The smallest absolute Gasteiger partial charge is 0.410 e. The quantitative estimate of drug-likeness (QED) is 0.725. The Balaban J connectivity index is 1.69. The van der Waals surface area contributed by atoms with E-state index in [-0.39, 0.29) is 30.9 Å². The summed E-state index contributed by atoms with van der Waals surface area (Å²) in [5, 5.41) is 0. The van der Waals surface area contributed by atoms with Crippen molar-refractivity contribution in [2.45, 2.75) is 59.1 Å². The van der Waals surface area contributed by atoms with Gasteiger partial charge in [-0.25, -0.2) is 4.79 Å². The molecule has 7 heteroatoms. The molecule has 7 nitrogen and oxygen atoms in total. The first-order valence-corrected chi connectivity index (χ1v) is 10.0. The van der Waals surface area contributed by atoms with Crippen molar-refractivity contribution in [2.75, 3.05) is 20.2 Å². The van der Waals surface area contributed by atoms with Gasteiger partial charge in [-0.2, -0.15) is 0 Å². The standard InChI is InChI=1S/C22H30N2O5/c1-15-6-7-17(28-5)12-16(15)14-24-18(25)13-22(19(24)26)8-10-23(11-9-22)20(27)29-21(2,3)4/h6-7,12H,8-11,13-14H2,1-5H3. The van der Waals surface area contributed by atoms with E-state index in [4.69, 9.17) is 9.47 Å². The van der Waals surface area contributed by atoms with E-state index in [0.717, 1.165) is 11.1 Å². The van der Waals surface area contributed by atoms with E-state index in [9.17, 15) is 14.4 Å². The van der Waals surface area contributed by atoms with Crippen molar-refractivity contribution in [1.82, 2.24) is 9.80 Å². The van der Waals surface area contributed by atoms with Crippen molar-refractivity contribution in [3.05, 3.63) is 29.3 Å². The van der Waals surface area contributed by atoms with Crippen LogP contribution in [-0.4, -0.2) is 53.5 Å². The van der Waals surface area contributed by atoms with Gasteiger partial charge in [0.15, 0.2) is 0 Å². The number of rotatable bonds is 3. The third kappa shape index (κ3) is 4.38. The molecule has 0 N–H and O–H groups in total. The molecule has 2 aliphatic rings. The summed E-state index contributed by atoms with van der Waals surface area (Å²) in [5.74, 6) is 0.418. The van der Waals surface area contributed by atoms with Crippen LogP contribution in [0.2, 0.25) is 0 Å². The number of hydrogen-bond donors (Lipinski definition) is 0. The van der Waals surface area contributed by atoms with E-state index in [0.29, 0.717) is 31.7 Å². The first kappa shape index (κ1) is 21.1. The van der Waals surface area contributed by atoms with Gasteiger partial charge < -0.3 is 14.4 Å². The fraction of sp³-hybridized carbons (Fsp3) is 0.591. The number of benzene rings is 1. The van der Waals surface area contributed by atoms with Crippen molar-refractivity contribution < 1.29 is 23.9 Å². The molecule has 0 saturated carbocycles. The monoisotopic (exact) mass is 402 g/mol. The third-order valence-electron chi connectivity index (χ3n) is 5.75. The van der Waals surface area contributed by atoms with Crippen LogP contribution in [0.5, 0.6) is 5.75 Å². The third-order valence-corrected chi connectivity index (χ3v) is 5.75. The van der Waals surface area contributed by atoms with Crippen LogP contribution in [-0.2, 0) is 20.9 Å². The van der Waals surface area contributed by atoms with E-state index >= 15 is 0 Å². The zero-order valence-corrected chi connectivity index (χ0v) is 17.9. The Kier molecular flexibility index (Phi) is 5.61. The Hall–Kier alpha value is -2.57. The van der Waals surface area contributed by atoms with Gasteiger partial charge in [0, 0.05) is 19.5 Å². The van der Waals surface area contributed by atoms with Crippen LogP contribution in [0.15, 0.2) is 18.2 Å². The van der Waals surface area contributed by atoms with E-state index < -0.39 is 11.0 Å². The molecule has 0 radical (unpaired) electrons. The van der Waals surface area contributed by atoms with Crippen molar-refractivity contribution in [3.63, 3.8) is 0 Å². The van der Waals surface area contributed by atoms with Crippen molar-refractivity contribution in [3.8, 4) is 5.75 Å². The van der Waals surface area contributed by atoms with E-state index in [2.05, 4.69) is 0 Å². The molecule has 3 amide bonds. The zero-order chi connectivity index (χ0) is 21.4. The first-order chi connectivity index (χ1) is 13.5. The number of amides is 3. The summed E-state index contributed by atoms with van der Waals surface area (Å²) in [6, 6.07) is 5.65.